The fourth-order valence-corrected chi connectivity index (χ4v) is 2.17. The molecule has 112 valence electrons. The summed E-state index contributed by atoms with van der Waals surface area (Å²) >= 11 is 3.14. The van der Waals surface area contributed by atoms with E-state index in [1.807, 2.05) is 0 Å². The molecule has 3 N–H and O–H groups in total. The number of nitrogen functional groups attached to an aromatic ring is 1. The van der Waals surface area contributed by atoms with Crippen LogP contribution in [0.25, 0.3) is 0 Å². The minimum Gasteiger partial charge on any atom is -0.396 e. The van der Waals surface area contributed by atoms with Crippen LogP contribution in [-0.4, -0.2) is 29.4 Å². The molecule has 8 heteroatoms. The van der Waals surface area contributed by atoms with Gasteiger partial charge < -0.3 is 15.8 Å². The van der Waals surface area contributed by atoms with Crippen LogP contribution in [0, 0.1) is 5.82 Å². The topological polar surface area (TPSA) is 82.2 Å². The summed E-state index contributed by atoms with van der Waals surface area (Å²) in [5.41, 5.74) is 6.17. The van der Waals surface area contributed by atoms with Gasteiger partial charge in [0.05, 0.1) is 36.3 Å². The van der Waals surface area contributed by atoms with Crippen molar-refractivity contribution in [1.29, 1.82) is 0 Å². The molecule has 0 aliphatic heterocycles. The highest BCUT2D eigenvalue weighted by atomic mass is 79.9. The molecule has 0 fully saturated rings. The van der Waals surface area contributed by atoms with Crippen molar-refractivity contribution in [1.82, 2.24) is 9.78 Å². The Morgan fingerprint density at radius 1 is 1.57 bits per heavy atom. The van der Waals surface area contributed by atoms with Gasteiger partial charge in [-0.1, -0.05) is 0 Å². The molecule has 21 heavy (non-hydrogen) atoms. The van der Waals surface area contributed by atoms with E-state index >= 15 is 0 Å². The Hall–Kier alpha value is -1.93. The van der Waals surface area contributed by atoms with E-state index < -0.39 is 11.7 Å². The summed E-state index contributed by atoms with van der Waals surface area (Å²) < 4.78 is 20.2. The lowest BCUT2D eigenvalue weighted by Gasteiger charge is -2.07. The molecule has 2 aromatic rings. The third-order valence-corrected chi connectivity index (χ3v) is 3.40. The van der Waals surface area contributed by atoms with Crippen molar-refractivity contribution in [2.24, 2.45) is 0 Å². The first kappa shape index (κ1) is 15.5. The molecular weight excluding hydrogens is 343 g/mol. The molecule has 1 heterocycles. The van der Waals surface area contributed by atoms with E-state index in [0.29, 0.717) is 23.3 Å². The molecule has 0 saturated carbocycles. The van der Waals surface area contributed by atoms with Gasteiger partial charge >= 0.3 is 0 Å². The highest BCUT2D eigenvalue weighted by Gasteiger charge is 2.14. The number of aromatic nitrogens is 2. The van der Waals surface area contributed by atoms with Crippen LogP contribution in [-0.2, 0) is 11.3 Å². The van der Waals surface area contributed by atoms with Crippen molar-refractivity contribution in [2.75, 3.05) is 24.8 Å². The summed E-state index contributed by atoms with van der Waals surface area (Å²) in [6, 6.07) is 2.44. The minimum absolute atomic E-state index is 0.0841. The van der Waals surface area contributed by atoms with Gasteiger partial charge in [-0.3, -0.25) is 9.48 Å². The maximum atomic E-state index is 13.3. The molecule has 1 aromatic heterocycles. The first-order valence-electron chi connectivity index (χ1n) is 6.08. The van der Waals surface area contributed by atoms with Gasteiger partial charge in [0.1, 0.15) is 5.82 Å². The molecule has 0 aliphatic rings. The summed E-state index contributed by atoms with van der Waals surface area (Å²) in [7, 11) is 1.60. The first-order chi connectivity index (χ1) is 10.0. The van der Waals surface area contributed by atoms with E-state index in [-0.39, 0.29) is 11.3 Å². The van der Waals surface area contributed by atoms with Crippen LogP contribution >= 0.6 is 15.9 Å². The van der Waals surface area contributed by atoms with E-state index in [9.17, 15) is 9.18 Å². The van der Waals surface area contributed by atoms with Crippen LogP contribution in [0.1, 0.15) is 10.4 Å². The summed E-state index contributed by atoms with van der Waals surface area (Å²) in [6.45, 7) is 1.11. The fourth-order valence-electron chi connectivity index (χ4n) is 1.67. The molecule has 0 aliphatic carbocycles. The Morgan fingerprint density at radius 2 is 2.33 bits per heavy atom. The second kappa shape index (κ2) is 6.68. The molecule has 2 rings (SSSR count). The molecule has 0 radical (unpaired) electrons. The number of nitrogens with zero attached hydrogens (tertiary/aromatic N) is 2. The summed E-state index contributed by atoms with van der Waals surface area (Å²) in [5, 5.41) is 6.75. The number of halogens is 2. The van der Waals surface area contributed by atoms with E-state index in [2.05, 4.69) is 26.3 Å². The van der Waals surface area contributed by atoms with Crippen molar-refractivity contribution in [3.05, 3.63) is 40.4 Å². The van der Waals surface area contributed by atoms with Crippen LogP contribution in [0.15, 0.2) is 29.0 Å². The fraction of sp³-hybridized carbons (Fsp3) is 0.231. The average molecular weight is 357 g/mol. The lowest BCUT2D eigenvalue weighted by molar-refractivity contribution is 0.102. The van der Waals surface area contributed by atoms with Gasteiger partial charge in [-0.15, -0.1) is 0 Å². The van der Waals surface area contributed by atoms with Crippen molar-refractivity contribution >= 4 is 33.2 Å². The largest absolute Gasteiger partial charge is 0.396 e. The predicted octanol–water partition coefficient (Wildman–Crippen LogP) is 2.27. The number of carbonyl (C=O) groups excluding carboxylic acids is 1. The smallest absolute Gasteiger partial charge is 0.256 e. The van der Waals surface area contributed by atoms with Gasteiger partial charge in [-0.2, -0.15) is 5.10 Å². The molecule has 1 aromatic carbocycles. The normalized spacial score (nSPS) is 10.6. The van der Waals surface area contributed by atoms with Crippen LogP contribution in [0.4, 0.5) is 15.8 Å². The van der Waals surface area contributed by atoms with Crippen molar-refractivity contribution < 1.29 is 13.9 Å². The van der Waals surface area contributed by atoms with Gasteiger partial charge in [-0.05, 0) is 28.1 Å². The molecule has 0 saturated heterocycles. The number of nitrogens with two attached hydrogens (primary N) is 1. The number of hydrogen-bond acceptors (Lipinski definition) is 4. The zero-order valence-electron chi connectivity index (χ0n) is 11.3. The van der Waals surface area contributed by atoms with Gasteiger partial charge in [0, 0.05) is 17.8 Å². The average Bonchev–Trinajstić information content (AvgIpc) is 2.88. The van der Waals surface area contributed by atoms with Crippen LogP contribution < -0.4 is 11.1 Å². The second-order valence-electron chi connectivity index (χ2n) is 4.29. The van der Waals surface area contributed by atoms with Crippen LogP contribution in [0.5, 0.6) is 0 Å². The third-order valence-electron chi connectivity index (χ3n) is 2.75. The number of benzene rings is 1. The third kappa shape index (κ3) is 3.79. The van der Waals surface area contributed by atoms with E-state index in [1.54, 1.807) is 18.0 Å². The molecule has 0 bridgehead atoms. The van der Waals surface area contributed by atoms with E-state index in [4.69, 9.17) is 10.5 Å². The Bertz CT molecular complexity index is 660. The zero-order valence-corrected chi connectivity index (χ0v) is 12.9. The molecule has 0 atom stereocenters. The highest BCUT2D eigenvalue weighted by Crippen LogP contribution is 2.23. The Kier molecular flexibility index (Phi) is 4.92. The number of ether oxygens (including phenoxy) is 1. The van der Waals surface area contributed by atoms with E-state index in [1.165, 1.54) is 12.3 Å². The van der Waals surface area contributed by atoms with Crippen LogP contribution in [0.2, 0.25) is 0 Å². The Balaban J connectivity index is 2.11. The zero-order chi connectivity index (χ0) is 15.4. The first-order valence-corrected chi connectivity index (χ1v) is 6.88. The second-order valence-corrected chi connectivity index (χ2v) is 5.15. The Labute approximate surface area is 129 Å². The molecule has 0 spiro atoms. The summed E-state index contributed by atoms with van der Waals surface area (Å²) in [6.07, 6.45) is 3.20. The van der Waals surface area contributed by atoms with Crippen molar-refractivity contribution in [2.45, 2.75) is 6.54 Å². The van der Waals surface area contributed by atoms with Gasteiger partial charge in [-0.25, -0.2) is 4.39 Å². The standard InChI is InChI=1S/C13H14BrFN4O2/c1-21-3-2-19-7-8(6-17-19)18-13(20)9-4-12(16)11(15)5-10(9)14/h4-7H,2-3,16H2,1H3,(H,18,20). The molecule has 0 unspecified atom stereocenters. The minimum atomic E-state index is -0.578. The lowest BCUT2D eigenvalue weighted by atomic mass is 10.2. The van der Waals surface area contributed by atoms with Crippen molar-refractivity contribution in [3.8, 4) is 0 Å². The SMILES string of the molecule is COCCn1cc(NC(=O)c2cc(N)c(F)cc2Br)cn1. The summed E-state index contributed by atoms with van der Waals surface area (Å²) in [4.78, 5) is 12.1. The number of amides is 1. The number of methoxy groups -OCH3 is 1. The highest BCUT2D eigenvalue weighted by molar-refractivity contribution is 9.10. The predicted molar refractivity (Wildman–Crippen MR) is 80.6 cm³/mol. The number of anilines is 2. The lowest BCUT2D eigenvalue weighted by Crippen LogP contribution is -2.13. The summed E-state index contributed by atoms with van der Waals surface area (Å²) in [5.74, 6) is -0.981. The Morgan fingerprint density at radius 3 is 3.05 bits per heavy atom. The molecular formula is C13H14BrFN4O2. The van der Waals surface area contributed by atoms with Crippen molar-refractivity contribution in [3.63, 3.8) is 0 Å². The van der Waals surface area contributed by atoms with Gasteiger partial charge in [0.25, 0.3) is 5.91 Å². The maximum Gasteiger partial charge on any atom is 0.256 e. The number of rotatable bonds is 5. The number of carbonyl (C=O) groups is 1. The molecule has 1 amide bonds. The number of hydrogen-bond donors (Lipinski definition) is 2. The maximum absolute atomic E-state index is 13.3. The number of nitrogens with one attached hydrogen (secondary N) is 1. The van der Waals surface area contributed by atoms with E-state index in [0.717, 1.165) is 6.07 Å². The quantitative estimate of drug-likeness (QED) is 0.805. The van der Waals surface area contributed by atoms with Gasteiger partial charge in [0.15, 0.2) is 0 Å². The molecule has 6 nitrogen and oxygen atoms in total. The van der Waals surface area contributed by atoms with Gasteiger partial charge in [0.2, 0.25) is 0 Å². The monoisotopic (exact) mass is 356 g/mol. The van der Waals surface area contributed by atoms with Crippen LogP contribution in [0.3, 0.4) is 0 Å².